The molecule has 6 nitrogen and oxygen atoms in total. The van der Waals surface area contributed by atoms with Gasteiger partial charge >= 0.3 is 0 Å². The van der Waals surface area contributed by atoms with Crippen LogP contribution in [0.3, 0.4) is 0 Å². The van der Waals surface area contributed by atoms with Crippen LogP contribution >= 0.6 is 22.9 Å². The molecule has 3 rings (SSSR count). The average Bonchev–Trinajstić information content (AvgIpc) is 3.08. The maximum absolute atomic E-state index is 12.3. The number of nitrogens with zero attached hydrogens (tertiary/aromatic N) is 1. The van der Waals surface area contributed by atoms with Crippen molar-refractivity contribution in [3.05, 3.63) is 76.3 Å². The van der Waals surface area contributed by atoms with Crippen molar-refractivity contribution < 1.29 is 13.2 Å². The zero-order valence-corrected chi connectivity index (χ0v) is 16.4. The highest BCUT2D eigenvalue weighted by molar-refractivity contribution is 7.93. The van der Waals surface area contributed by atoms with Gasteiger partial charge in [0, 0.05) is 16.9 Å². The molecule has 0 radical (unpaired) electrons. The molecule has 0 fully saturated rings. The zero-order chi connectivity index (χ0) is 19.3. The maximum Gasteiger partial charge on any atom is 0.263 e. The second-order valence-corrected chi connectivity index (χ2v) is 8.62. The quantitative estimate of drug-likeness (QED) is 0.611. The number of thiazole rings is 1. The Hall–Kier alpha value is -2.42. The molecule has 2 aromatic carbocycles. The van der Waals surface area contributed by atoms with Gasteiger partial charge in [-0.3, -0.25) is 9.52 Å². The van der Waals surface area contributed by atoms with E-state index < -0.39 is 10.0 Å². The first kappa shape index (κ1) is 19.3. The van der Waals surface area contributed by atoms with Crippen molar-refractivity contribution in [2.45, 2.75) is 17.9 Å². The number of hydrogen-bond acceptors (Lipinski definition) is 5. The molecule has 0 spiro atoms. The van der Waals surface area contributed by atoms with Gasteiger partial charge in [-0.2, -0.15) is 0 Å². The molecule has 0 bridgehead atoms. The first-order valence-corrected chi connectivity index (χ1v) is 10.7. The third-order valence-corrected chi connectivity index (χ3v) is 6.11. The van der Waals surface area contributed by atoms with Crippen LogP contribution in [0.1, 0.15) is 11.3 Å². The molecule has 0 atom stereocenters. The second-order valence-electron chi connectivity index (χ2n) is 5.64. The highest BCUT2D eigenvalue weighted by Crippen LogP contribution is 2.20. The molecule has 1 heterocycles. The van der Waals surface area contributed by atoms with Crippen LogP contribution in [0.2, 0.25) is 5.02 Å². The van der Waals surface area contributed by atoms with Crippen molar-refractivity contribution in [1.29, 1.82) is 0 Å². The summed E-state index contributed by atoms with van der Waals surface area (Å²) in [4.78, 5) is 16.4. The minimum atomic E-state index is -3.69. The SMILES string of the molecule is O=C(Cc1csc(NS(=O)(=O)c2ccccc2)n1)NCc1ccc(Cl)cc1. The number of rotatable bonds is 7. The number of hydrogen-bond donors (Lipinski definition) is 2. The van der Waals surface area contributed by atoms with Crippen LogP contribution in [-0.2, 0) is 27.8 Å². The minimum absolute atomic E-state index is 0.0666. The number of carbonyl (C=O) groups is 1. The van der Waals surface area contributed by atoms with E-state index in [2.05, 4.69) is 15.0 Å². The first-order valence-electron chi connectivity index (χ1n) is 7.96. The number of anilines is 1. The second kappa shape index (κ2) is 8.51. The summed E-state index contributed by atoms with van der Waals surface area (Å²) in [5.41, 5.74) is 1.43. The van der Waals surface area contributed by atoms with Gasteiger partial charge in [-0.05, 0) is 29.8 Å². The molecule has 1 aromatic heterocycles. The van der Waals surface area contributed by atoms with Gasteiger partial charge in [-0.25, -0.2) is 13.4 Å². The molecule has 140 valence electrons. The Morgan fingerprint density at radius 3 is 2.48 bits per heavy atom. The van der Waals surface area contributed by atoms with Crippen LogP contribution in [-0.4, -0.2) is 19.3 Å². The van der Waals surface area contributed by atoms with E-state index in [9.17, 15) is 13.2 Å². The van der Waals surface area contributed by atoms with Crippen molar-refractivity contribution in [2.24, 2.45) is 0 Å². The van der Waals surface area contributed by atoms with Crippen molar-refractivity contribution in [3.8, 4) is 0 Å². The van der Waals surface area contributed by atoms with Crippen LogP contribution in [0.25, 0.3) is 0 Å². The third-order valence-electron chi connectivity index (χ3n) is 3.57. The predicted molar refractivity (Wildman–Crippen MR) is 106 cm³/mol. The van der Waals surface area contributed by atoms with E-state index in [0.717, 1.165) is 16.9 Å². The number of amides is 1. The fraction of sp³-hybridized carbons (Fsp3) is 0.111. The first-order chi connectivity index (χ1) is 12.9. The Labute approximate surface area is 166 Å². The number of nitrogens with one attached hydrogen (secondary N) is 2. The van der Waals surface area contributed by atoms with Gasteiger partial charge in [0.25, 0.3) is 10.0 Å². The molecule has 2 N–H and O–H groups in total. The monoisotopic (exact) mass is 421 g/mol. The summed E-state index contributed by atoms with van der Waals surface area (Å²) in [5.74, 6) is -0.201. The van der Waals surface area contributed by atoms with Crippen LogP contribution in [0.5, 0.6) is 0 Å². The highest BCUT2D eigenvalue weighted by Gasteiger charge is 2.16. The van der Waals surface area contributed by atoms with Gasteiger partial charge in [-0.1, -0.05) is 41.9 Å². The fourth-order valence-electron chi connectivity index (χ4n) is 2.24. The fourth-order valence-corrected chi connectivity index (χ4v) is 4.35. The summed E-state index contributed by atoms with van der Waals surface area (Å²) in [7, 11) is -3.69. The lowest BCUT2D eigenvalue weighted by Gasteiger charge is -2.05. The number of carbonyl (C=O) groups excluding carboxylic acids is 1. The molecular weight excluding hydrogens is 406 g/mol. The van der Waals surface area contributed by atoms with Crippen LogP contribution in [0.4, 0.5) is 5.13 Å². The van der Waals surface area contributed by atoms with Gasteiger partial charge in [0.05, 0.1) is 17.0 Å². The lowest BCUT2D eigenvalue weighted by Crippen LogP contribution is -2.24. The smallest absolute Gasteiger partial charge is 0.263 e. The summed E-state index contributed by atoms with van der Waals surface area (Å²) in [6.07, 6.45) is 0.0666. The molecule has 0 aliphatic carbocycles. The molecule has 1 amide bonds. The Morgan fingerprint density at radius 1 is 1.07 bits per heavy atom. The Bertz CT molecular complexity index is 1020. The van der Waals surface area contributed by atoms with Crippen LogP contribution in [0.15, 0.2) is 64.9 Å². The number of sulfonamides is 1. The molecule has 9 heteroatoms. The van der Waals surface area contributed by atoms with E-state index in [1.807, 2.05) is 12.1 Å². The lowest BCUT2D eigenvalue weighted by atomic mass is 10.2. The van der Waals surface area contributed by atoms with E-state index >= 15 is 0 Å². The van der Waals surface area contributed by atoms with Crippen molar-refractivity contribution in [1.82, 2.24) is 10.3 Å². The summed E-state index contributed by atoms with van der Waals surface area (Å²) in [6, 6.07) is 15.2. The highest BCUT2D eigenvalue weighted by atomic mass is 35.5. The molecule has 27 heavy (non-hydrogen) atoms. The maximum atomic E-state index is 12.3. The van der Waals surface area contributed by atoms with Gasteiger partial charge < -0.3 is 5.32 Å². The van der Waals surface area contributed by atoms with Gasteiger partial charge in [0.15, 0.2) is 5.13 Å². The third kappa shape index (κ3) is 5.53. The largest absolute Gasteiger partial charge is 0.352 e. The standard InChI is InChI=1S/C18H16ClN3O3S2/c19-14-8-6-13(7-9-14)11-20-17(23)10-15-12-26-18(21-15)22-27(24,25)16-4-2-1-3-5-16/h1-9,12H,10-11H2,(H,20,23)(H,21,22). The predicted octanol–water partition coefficient (Wildman–Crippen LogP) is 3.46. The number of benzene rings is 2. The number of aromatic nitrogens is 1. The van der Waals surface area contributed by atoms with E-state index in [1.54, 1.807) is 35.7 Å². The van der Waals surface area contributed by atoms with Gasteiger partial charge in [0.1, 0.15) is 0 Å². The summed E-state index contributed by atoms with van der Waals surface area (Å²) < 4.78 is 27.0. The van der Waals surface area contributed by atoms with E-state index in [0.29, 0.717) is 17.3 Å². The van der Waals surface area contributed by atoms with Crippen molar-refractivity contribution in [3.63, 3.8) is 0 Å². The Morgan fingerprint density at radius 2 is 1.78 bits per heavy atom. The van der Waals surface area contributed by atoms with Crippen LogP contribution in [0, 0.1) is 0 Å². The van der Waals surface area contributed by atoms with Gasteiger partial charge in [0.2, 0.25) is 5.91 Å². The number of halogens is 1. The normalized spacial score (nSPS) is 11.1. The van der Waals surface area contributed by atoms with E-state index in [-0.39, 0.29) is 22.4 Å². The summed E-state index contributed by atoms with van der Waals surface area (Å²) in [6.45, 7) is 0.383. The molecule has 0 saturated heterocycles. The Kier molecular flexibility index (Phi) is 6.10. The molecule has 3 aromatic rings. The topological polar surface area (TPSA) is 88.2 Å². The summed E-state index contributed by atoms with van der Waals surface area (Å²) in [5, 5.41) is 5.31. The molecule has 0 aliphatic rings. The van der Waals surface area contributed by atoms with Gasteiger partial charge in [-0.15, -0.1) is 11.3 Å². The van der Waals surface area contributed by atoms with Crippen LogP contribution < -0.4 is 10.0 Å². The lowest BCUT2D eigenvalue weighted by molar-refractivity contribution is -0.120. The van der Waals surface area contributed by atoms with Crippen molar-refractivity contribution in [2.75, 3.05) is 4.72 Å². The molecular formula is C18H16ClN3O3S2. The van der Waals surface area contributed by atoms with Crippen molar-refractivity contribution >= 4 is 44.0 Å². The molecule has 0 unspecified atom stereocenters. The zero-order valence-electron chi connectivity index (χ0n) is 14.1. The molecule has 0 saturated carbocycles. The van der Waals surface area contributed by atoms with E-state index in [4.69, 9.17) is 11.6 Å². The average molecular weight is 422 g/mol. The molecule has 0 aliphatic heterocycles. The van der Waals surface area contributed by atoms with E-state index in [1.165, 1.54) is 12.1 Å². The minimum Gasteiger partial charge on any atom is -0.352 e. The summed E-state index contributed by atoms with van der Waals surface area (Å²) >= 11 is 6.96. The Balaban J connectivity index is 1.56.